The highest BCUT2D eigenvalue weighted by Gasteiger charge is 2.21. The zero-order valence-electron chi connectivity index (χ0n) is 12.3. The van der Waals surface area contributed by atoms with Crippen LogP contribution in [-0.4, -0.2) is 17.1 Å². The van der Waals surface area contributed by atoms with Gasteiger partial charge in [-0.15, -0.1) is 0 Å². The van der Waals surface area contributed by atoms with Gasteiger partial charge in [-0.1, -0.05) is 30.3 Å². The van der Waals surface area contributed by atoms with Crippen molar-refractivity contribution in [3.63, 3.8) is 0 Å². The van der Waals surface area contributed by atoms with E-state index in [4.69, 9.17) is 10.5 Å². The van der Waals surface area contributed by atoms with Crippen molar-refractivity contribution in [2.24, 2.45) is 0 Å². The van der Waals surface area contributed by atoms with Crippen molar-refractivity contribution in [3.8, 4) is 0 Å². The molecule has 114 valence electrons. The van der Waals surface area contributed by atoms with Crippen molar-refractivity contribution in [1.29, 1.82) is 0 Å². The SMILES string of the molecule is Nc1cnc2c(c1)CCC(NC(=O)OCc1ccccc1)C2. The highest BCUT2D eigenvalue weighted by molar-refractivity contribution is 5.67. The number of nitrogens with zero attached hydrogens (tertiary/aromatic N) is 1. The minimum absolute atomic E-state index is 0.0619. The van der Waals surface area contributed by atoms with E-state index in [1.807, 2.05) is 36.4 Å². The number of rotatable bonds is 3. The molecule has 0 fully saturated rings. The maximum absolute atomic E-state index is 11.9. The maximum Gasteiger partial charge on any atom is 0.407 e. The van der Waals surface area contributed by atoms with Crippen LogP contribution in [0.1, 0.15) is 23.2 Å². The maximum atomic E-state index is 11.9. The van der Waals surface area contributed by atoms with E-state index in [1.165, 1.54) is 5.56 Å². The molecule has 0 bridgehead atoms. The minimum atomic E-state index is -0.382. The average Bonchev–Trinajstić information content (AvgIpc) is 2.54. The predicted octanol–water partition coefficient (Wildman–Crippen LogP) is 2.45. The van der Waals surface area contributed by atoms with Gasteiger partial charge in [0.15, 0.2) is 0 Å². The quantitative estimate of drug-likeness (QED) is 0.912. The second-order valence-corrected chi connectivity index (χ2v) is 5.52. The fourth-order valence-electron chi connectivity index (χ4n) is 2.68. The summed E-state index contributed by atoms with van der Waals surface area (Å²) in [5, 5.41) is 2.91. The normalized spacial score (nSPS) is 16.6. The molecule has 0 saturated carbocycles. The van der Waals surface area contributed by atoms with Crippen LogP contribution in [0.25, 0.3) is 0 Å². The van der Waals surface area contributed by atoms with E-state index in [0.29, 0.717) is 5.69 Å². The van der Waals surface area contributed by atoms with Gasteiger partial charge >= 0.3 is 6.09 Å². The number of benzene rings is 1. The Hall–Kier alpha value is -2.56. The van der Waals surface area contributed by atoms with Gasteiger partial charge in [-0.2, -0.15) is 0 Å². The van der Waals surface area contributed by atoms with E-state index in [1.54, 1.807) is 6.20 Å². The molecule has 1 heterocycles. The summed E-state index contributed by atoms with van der Waals surface area (Å²) in [5.41, 5.74) is 9.59. The molecular formula is C17H19N3O2. The molecule has 5 heteroatoms. The molecule has 1 aromatic heterocycles. The fourth-order valence-corrected chi connectivity index (χ4v) is 2.68. The van der Waals surface area contributed by atoms with Crippen LogP contribution < -0.4 is 11.1 Å². The highest BCUT2D eigenvalue weighted by Crippen LogP contribution is 2.21. The molecule has 0 aliphatic heterocycles. The Balaban J connectivity index is 1.51. The van der Waals surface area contributed by atoms with Crippen LogP contribution in [-0.2, 0) is 24.2 Å². The van der Waals surface area contributed by atoms with Gasteiger partial charge in [0.05, 0.1) is 11.9 Å². The first kappa shape index (κ1) is 14.4. The fraction of sp³-hybridized carbons (Fsp3) is 0.294. The predicted molar refractivity (Wildman–Crippen MR) is 84.2 cm³/mol. The van der Waals surface area contributed by atoms with Crippen molar-refractivity contribution in [3.05, 3.63) is 59.4 Å². The standard InChI is InChI=1S/C17H19N3O2/c18-14-8-13-6-7-15(9-16(13)19-10-14)20-17(21)22-11-12-4-2-1-3-5-12/h1-5,8,10,15H,6-7,9,11,18H2,(H,20,21). The number of ether oxygens (including phenoxy) is 1. The largest absolute Gasteiger partial charge is 0.445 e. The van der Waals surface area contributed by atoms with E-state index >= 15 is 0 Å². The number of alkyl carbamates (subject to hydrolysis) is 1. The molecule has 1 unspecified atom stereocenters. The number of aromatic nitrogens is 1. The summed E-state index contributed by atoms with van der Waals surface area (Å²) in [6.45, 7) is 0.283. The lowest BCUT2D eigenvalue weighted by atomic mass is 9.92. The average molecular weight is 297 g/mol. The first-order chi connectivity index (χ1) is 10.7. The molecule has 0 radical (unpaired) electrons. The minimum Gasteiger partial charge on any atom is -0.445 e. The summed E-state index contributed by atoms with van der Waals surface area (Å²) in [6.07, 6.45) is 3.74. The summed E-state index contributed by atoms with van der Waals surface area (Å²) < 4.78 is 5.25. The topological polar surface area (TPSA) is 77.2 Å². The summed E-state index contributed by atoms with van der Waals surface area (Å²) in [5.74, 6) is 0. The van der Waals surface area contributed by atoms with Gasteiger partial charge in [0.2, 0.25) is 0 Å². The number of amides is 1. The number of carbonyl (C=O) groups is 1. The van der Waals surface area contributed by atoms with E-state index < -0.39 is 0 Å². The zero-order chi connectivity index (χ0) is 15.4. The number of carbonyl (C=O) groups excluding carboxylic acids is 1. The van der Waals surface area contributed by atoms with Crippen LogP contribution in [0.4, 0.5) is 10.5 Å². The van der Waals surface area contributed by atoms with Gasteiger partial charge in [-0.25, -0.2) is 4.79 Å². The molecule has 1 amide bonds. The Morgan fingerprint density at radius 1 is 1.36 bits per heavy atom. The number of hydrogen-bond acceptors (Lipinski definition) is 4. The number of fused-ring (bicyclic) bond motifs is 1. The van der Waals surface area contributed by atoms with Gasteiger partial charge in [0.1, 0.15) is 6.61 Å². The van der Waals surface area contributed by atoms with E-state index in [2.05, 4.69) is 10.3 Å². The molecule has 2 aromatic rings. The first-order valence-electron chi connectivity index (χ1n) is 7.41. The van der Waals surface area contributed by atoms with Crippen LogP contribution in [0.2, 0.25) is 0 Å². The summed E-state index contributed by atoms with van der Waals surface area (Å²) >= 11 is 0. The Morgan fingerprint density at radius 2 is 2.18 bits per heavy atom. The third kappa shape index (κ3) is 3.55. The third-order valence-corrected chi connectivity index (χ3v) is 3.82. The van der Waals surface area contributed by atoms with Crippen LogP contribution in [0.3, 0.4) is 0 Å². The molecule has 0 spiro atoms. The number of aryl methyl sites for hydroxylation is 1. The molecule has 1 aliphatic rings. The lowest BCUT2D eigenvalue weighted by Gasteiger charge is -2.24. The highest BCUT2D eigenvalue weighted by atomic mass is 16.5. The van der Waals surface area contributed by atoms with Crippen LogP contribution >= 0.6 is 0 Å². The molecule has 1 aromatic carbocycles. The number of hydrogen-bond donors (Lipinski definition) is 2. The molecule has 3 N–H and O–H groups in total. The Morgan fingerprint density at radius 3 is 3.00 bits per heavy atom. The summed E-state index contributed by atoms with van der Waals surface area (Å²) in [4.78, 5) is 16.2. The summed E-state index contributed by atoms with van der Waals surface area (Å²) in [6, 6.07) is 11.7. The Kier molecular flexibility index (Phi) is 4.23. The van der Waals surface area contributed by atoms with Gasteiger partial charge in [-0.05, 0) is 30.0 Å². The van der Waals surface area contributed by atoms with E-state index in [-0.39, 0.29) is 18.7 Å². The van der Waals surface area contributed by atoms with Crippen molar-refractivity contribution in [2.45, 2.75) is 31.9 Å². The van der Waals surface area contributed by atoms with E-state index in [0.717, 1.165) is 30.5 Å². The van der Waals surface area contributed by atoms with Crippen LogP contribution in [0.5, 0.6) is 0 Å². The van der Waals surface area contributed by atoms with Crippen LogP contribution in [0.15, 0.2) is 42.6 Å². The van der Waals surface area contributed by atoms with Gasteiger partial charge in [0, 0.05) is 18.2 Å². The van der Waals surface area contributed by atoms with Crippen molar-refractivity contribution < 1.29 is 9.53 Å². The Labute approximate surface area is 129 Å². The molecule has 0 saturated heterocycles. The molecule has 5 nitrogen and oxygen atoms in total. The molecule has 1 atom stereocenters. The third-order valence-electron chi connectivity index (χ3n) is 3.82. The monoisotopic (exact) mass is 297 g/mol. The number of pyridine rings is 1. The molecular weight excluding hydrogens is 278 g/mol. The smallest absolute Gasteiger partial charge is 0.407 e. The summed E-state index contributed by atoms with van der Waals surface area (Å²) in [7, 11) is 0. The van der Waals surface area contributed by atoms with E-state index in [9.17, 15) is 4.79 Å². The number of nitrogen functional groups attached to an aromatic ring is 1. The molecule has 1 aliphatic carbocycles. The number of nitrogens with two attached hydrogens (primary N) is 1. The first-order valence-corrected chi connectivity index (χ1v) is 7.41. The molecule has 3 rings (SSSR count). The van der Waals surface area contributed by atoms with Crippen molar-refractivity contribution in [2.75, 3.05) is 5.73 Å². The second-order valence-electron chi connectivity index (χ2n) is 5.52. The van der Waals surface area contributed by atoms with Gasteiger partial charge in [0.25, 0.3) is 0 Å². The Bertz CT molecular complexity index is 658. The number of nitrogens with one attached hydrogen (secondary N) is 1. The lowest BCUT2D eigenvalue weighted by Crippen LogP contribution is -2.39. The van der Waals surface area contributed by atoms with Gasteiger partial charge in [-0.3, -0.25) is 4.98 Å². The van der Waals surface area contributed by atoms with Crippen molar-refractivity contribution in [1.82, 2.24) is 10.3 Å². The van der Waals surface area contributed by atoms with Crippen LogP contribution in [0, 0.1) is 0 Å². The number of anilines is 1. The molecule has 22 heavy (non-hydrogen) atoms. The zero-order valence-corrected chi connectivity index (χ0v) is 12.3. The second kappa shape index (κ2) is 6.47. The van der Waals surface area contributed by atoms with Crippen molar-refractivity contribution >= 4 is 11.8 Å². The van der Waals surface area contributed by atoms with Gasteiger partial charge < -0.3 is 15.8 Å². The lowest BCUT2D eigenvalue weighted by molar-refractivity contribution is 0.134.